The first kappa shape index (κ1) is 48.9. The number of allylic oxidation sites excluding steroid dienone is 1. The minimum atomic E-state index is -0.660. The molecule has 0 aromatic rings. The summed E-state index contributed by atoms with van der Waals surface area (Å²) >= 11 is 0. The molecule has 0 aromatic carbocycles. The number of unbranched alkanes of at least 4 members (excludes halogenated alkanes) is 4. The van der Waals surface area contributed by atoms with Crippen LogP contribution >= 0.6 is 0 Å². The summed E-state index contributed by atoms with van der Waals surface area (Å²) in [7, 11) is 1.66. The summed E-state index contributed by atoms with van der Waals surface area (Å²) in [5, 5.41) is 7.66. The molecule has 0 radical (unpaired) electrons. The van der Waals surface area contributed by atoms with Gasteiger partial charge in [0, 0.05) is 26.0 Å². The third kappa shape index (κ3) is 15.6. The van der Waals surface area contributed by atoms with E-state index < -0.39 is 35.7 Å². The molecule has 1 spiro atoms. The van der Waals surface area contributed by atoms with Gasteiger partial charge in [0.1, 0.15) is 41.5 Å². The Balaban J connectivity index is 1.27. The van der Waals surface area contributed by atoms with Crippen LogP contribution in [0.3, 0.4) is 0 Å². The molecule has 5 N–H and O–H groups in total. The molecule has 3 aliphatic rings. The van der Waals surface area contributed by atoms with Crippen LogP contribution in [-0.2, 0) is 47.7 Å². The number of Topliss-reactive ketones (excluding diaryl/α,β-unsaturated/α-hetero) is 1. The smallest absolute Gasteiger partial charge is 0.407 e. The maximum atomic E-state index is 13.3. The Hall–Kier alpha value is -3.44. The number of ether oxygens (including phenoxy) is 5. The number of hydrazine groups is 1. The molecule has 0 aromatic heterocycles. The number of ketones is 1. The normalized spacial score (nSPS) is 25.7. The van der Waals surface area contributed by atoms with Crippen molar-refractivity contribution in [3.05, 3.63) is 11.6 Å². The van der Waals surface area contributed by atoms with Gasteiger partial charge in [-0.05, 0) is 64.7 Å². The Morgan fingerprint density at radius 1 is 0.931 bits per heavy atom. The molecule has 16 heteroatoms. The van der Waals surface area contributed by atoms with E-state index in [1.165, 1.54) is 5.57 Å². The molecule has 3 amide bonds. The van der Waals surface area contributed by atoms with Gasteiger partial charge in [-0.15, -0.1) is 0 Å². The lowest BCUT2D eigenvalue weighted by Crippen LogP contribution is -2.55. The molecule has 330 valence electrons. The minimum Gasteiger partial charge on any atom is -0.460 e. The molecule has 16 nitrogen and oxygen atoms in total. The number of amides is 3. The lowest BCUT2D eigenvalue weighted by Gasteiger charge is -2.42. The molecule has 8 atom stereocenters. The quantitative estimate of drug-likeness (QED) is 0.0191. The number of epoxide rings is 2. The molecule has 2 heterocycles. The van der Waals surface area contributed by atoms with Crippen LogP contribution in [0.2, 0.25) is 0 Å². The number of methoxy groups -OCH3 is 1. The zero-order valence-electron chi connectivity index (χ0n) is 36.1. The van der Waals surface area contributed by atoms with Crippen molar-refractivity contribution in [1.82, 2.24) is 26.8 Å². The summed E-state index contributed by atoms with van der Waals surface area (Å²) in [5.41, 5.74) is 6.22. The maximum absolute atomic E-state index is 13.3. The molecule has 4 unspecified atom stereocenters. The molecule has 0 bridgehead atoms. The van der Waals surface area contributed by atoms with Crippen molar-refractivity contribution in [2.45, 2.75) is 148 Å². The highest BCUT2D eigenvalue weighted by Gasteiger charge is 2.72. The fraction of sp³-hybridized carbons (Fsp3) is 0.810. The molecule has 58 heavy (non-hydrogen) atoms. The number of rotatable bonds is 28. The van der Waals surface area contributed by atoms with Crippen molar-refractivity contribution >= 4 is 35.9 Å². The number of hydrogen-bond acceptors (Lipinski definition) is 13. The lowest BCUT2D eigenvalue weighted by atomic mass is 9.68. The predicted molar refractivity (Wildman–Crippen MR) is 216 cm³/mol. The van der Waals surface area contributed by atoms with Crippen LogP contribution < -0.4 is 26.8 Å². The molecule has 1 aliphatic carbocycles. The van der Waals surface area contributed by atoms with Crippen LogP contribution in [0.5, 0.6) is 0 Å². The van der Waals surface area contributed by atoms with E-state index in [1.54, 1.807) is 7.11 Å². The van der Waals surface area contributed by atoms with Gasteiger partial charge < -0.3 is 44.4 Å². The lowest BCUT2D eigenvalue weighted by molar-refractivity contribution is -0.173. The molecule has 3 rings (SSSR count). The summed E-state index contributed by atoms with van der Waals surface area (Å²) in [6, 6.07) is -0.660. The Kier molecular flexibility index (Phi) is 20.2. The zero-order valence-corrected chi connectivity index (χ0v) is 36.1. The van der Waals surface area contributed by atoms with Crippen molar-refractivity contribution in [3.63, 3.8) is 0 Å². The van der Waals surface area contributed by atoms with Gasteiger partial charge in [0.25, 0.3) is 0 Å². The van der Waals surface area contributed by atoms with E-state index in [0.29, 0.717) is 32.3 Å². The van der Waals surface area contributed by atoms with E-state index in [-0.39, 0.29) is 85.9 Å². The summed E-state index contributed by atoms with van der Waals surface area (Å²) in [6.45, 7) is 14.8. The molecule has 2 saturated heterocycles. The van der Waals surface area contributed by atoms with E-state index in [4.69, 9.17) is 23.7 Å². The fourth-order valence-electron chi connectivity index (χ4n) is 7.77. The third-order valence-electron chi connectivity index (χ3n) is 11.5. The van der Waals surface area contributed by atoms with Crippen LogP contribution in [-0.4, -0.2) is 118 Å². The average Bonchev–Trinajstić information content (AvgIpc) is 4.09. The molecular formula is C42H71N5O11. The van der Waals surface area contributed by atoms with Gasteiger partial charge in [-0.25, -0.2) is 15.6 Å². The molecule has 1 saturated carbocycles. The monoisotopic (exact) mass is 822 g/mol. The van der Waals surface area contributed by atoms with Crippen molar-refractivity contribution in [2.75, 3.05) is 46.5 Å². The van der Waals surface area contributed by atoms with E-state index in [1.807, 2.05) is 27.7 Å². The SMILES string of the molecule is COC1C(OC(=O)C[C@@H](COC(=O)NCCCCCCCC(=O)CNN[C@H](C(=O)NCC(=O)NCC=O)C(C)C)C(C)C)CC[C@]2(CO2)C1C1(C)O[C@@H]1CC=C(C)C. The number of aldehydes is 1. The number of nitrogens with one attached hydrogen (secondary N) is 5. The number of alkyl carbamates (subject to hydrolysis) is 1. The largest absolute Gasteiger partial charge is 0.460 e. The van der Waals surface area contributed by atoms with Crippen LogP contribution in [0.4, 0.5) is 4.79 Å². The van der Waals surface area contributed by atoms with Gasteiger partial charge in [-0.1, -0.05) is 58.6 Å². The highest BCUT2D eigenvalue weighted by molar-refractivity contribution is 5.88. The first-order valence-corrected chi connectivity index (χ1v) is 21.1. The first-order valence-electron chi connectivity index (χ1n) is 21.1. The summed E-state index contributed by atoms with van der Waals surface area (Å²) < 4.78 is 29.9. The third-order valence-corrected chi connectivity index (χ3v) is 11.5. The van der Waals surface area contributed by atoms with Crippen molar-refractivity contribution in [2.24, 2.45) is 23.7 Å². The van der Waals surface area contributed by atoms with E-state index in [9.17, 15) is 28.8 Å². The summed E-state index contributed by atoms with van der Waals surface area (Å²) in [4.78, 5) is 72.6. The Morgan fingerprint density at radius 2 is 1.64 bits per heavy atom. The average molecular weight is 822 g/mol. The van der Waals surface area contributed by atoms with Crippen LogP contribution in [0.25, 0.3) is 0 Å². The predicted octanol–water partition coefficient (Wildman–Crippen LogP) is 3.45. The second-order valence-electron chi connectivity index (χ2n) is 17.1. The number of carbonyl (C=O) groups excluding carboxylic acids is 6. The first-order chi connectivity index (χ1) is 27.6. The van der Waals surface area contributed by atoms with E-state index >= 15 is 0 Å². The second-order valence-corrected chi connectivity index (χ2v) is 17.1. The fourth-order valence-corrected chi connectivity index (χ4v) is 7.77. The minimum absolute atomic E-state index is 0.00598. The molecule has 2 aliphatic heterocycles. The second kappa shape index (κ2) is 24.0. The van der Waals surface area contributed by atoms with Crippen molar-refractivity contribution in [3.8, 4) is 0 Å². The Bertz CT molecular complexity index is 1400. The van der Waals surface area contributed by atoms with Gasteiger partial charge in [0.2, 0.25) is 11.8 Å². The van der Waals surface area contributed by atoms with E-state index in [0.717, 1.165) is 44.9 Å². The van der Waals surface area contributed by atoms with Crippen LogP contribution in [0.15, 0.2) is 11.6 Å². The summed E-state index contributed by atoms with van der Waals surface area (Å²) in [6.07, 6.45) is 8.43. The Labute approximate surface area is 344 Å². The summed E-state index contributed by atoms with van der Waals surface area (Å²) in [5.74, 6) is -1.49. The van der Waals surface area contributed by atoms with Crippen molar-refractivity contribution < 1.29 is 52.5 Å². The van der Waals surface area contributed by atoms with Crippen LogP contribution in [0.1, 0.15) is 113 Å². The topological polar surface area (TPSA) is 215 Å². The van der Waals surface area contributed by atoms with Gasteiger partial charge >= 0.3 is 12.1 Å². The molecule has 3 fully saturated rings. The Morgan fingerprint density at radius 3 is 2.28 bits per heavy atom. The maximum Gasteiger partial charge on any atom is 0.407 e. The standard InChI is InChI=1S/C42H71N5O11/c1-27(2)15-16-33-41(7,58-33)38-37(54-8)32(17-18-42(38)26-56-42)57-35(51)22-30(28(3)4)25-55-40(53)44-19-13-11-9-10-12-14-31(49)23-46-47-36(29(5)6)39(52)45-24-34(50)43-20-21-48/h15,21,28-30,32-33,36-38,46-47H,9-14,16-20,22-26H2,1-8H3,(H,43,50)(H,44,53)(H,45,52)/t30-,32?,33+,36-,37?,38?,41?,42-/m0/s1. The number of hydrogen-bond donors (Lipinski definition) is 5. The van der Waals surface area contributed by atoms with Crippen molar-refractivity contribution in [1.29, 1.82) is 0 Å². The van der Waals surface area contributed by atoms with Gasteiger partial charge in [-0.3, -0.25) is 19.2 Å². The van der Waals surface area contributed by atoms with Gasteiger partial charge in [0.05, 0.1) is 51.3 Å². The van der Waals surface area contributed by atoms with Gasteiger partial charge in [-0.2, -0.15) is 0 Å². The zero-order chi connectivity index (χ0) is 42.9. The number of esters is 1. The highest BCUT2D eigenvalue weighted by atomic mass is 16.6. The van der Waals surface area contributed by atoms with Gasteiger partial charge in [0.15, 0.2) is 0 Å². The number of carbonyl (C=O) groups is 6. The molecular weight excluding hydrogens is 750 g/mol. The van der Waals surface area contributed by atoms with Crippen LogP contribution in [0, 0.1) is 23.7 Å². The highest BCUT2D eigenvalue weighted by Crippen LogP contribution is 2.59. The van der Waals surface area contributed by atoms with E-state index in [2.05, 4.69) is 53.6 Å².